The van der Waals surface area contributed by atoms with Crippen LogP contribution >= 0.6 is 0 Å². The minimum atomic E-state index is -4.92. The lowest BCUT2D eigenvalue weighted by molar-refractivity contribution is -0.139. The van der Waals surface area contributed by atoms with Gasteiger partial charge in [-0.3, -0.25) is 9.59 Å². The Morgan fingerprint density at radius 1 is 1.11 bits per heavy atom. The first-order valence-corrected chi connectivity index (χ1v) is 10.6. The second-order valence-corrected chi connectivity index (χ2v) is 8.02. The topological polar surface area (TPSA) is 110 Å². The Bertz CT molecular complexity index is 1360. The lowest BCUT2D eigenvalue weighted by Crippen LogP contribution is -2.31. The van der Waals surface area contributed by atoms with Crippen LogP contribution in [0.4, 0.5) is 26.3 Å². The first-order valence-electron chi connectivity index (χ1n) is 10.6. The molecule has 1 atom stereocenters. The number of carbonyl (C=O) groups excluding carboxylic acids is 1. The Balaban J connectivity index is 1.43. The van der Waals surface area contributed by atoms with Crippen LogP contribution in [0.15, 0.2) is 41.5 Å². The first-order chi connectivity index (χ1) is 17.3. The Kier molecular flexibility index (Phi) is 6.80. The number of aromatic nitrogens is 4. The van der Waals surface area contributed by atoms with E-state index in [-0.39, 0.29) is 30.4 Å². The van der Waals surface area contributed by atoms with Gasteiger partial charge in [0, 0.05) is 36.5 Å². The van der Waals surface area contributed by atoms with Crippen molar-refractivity contribution < 1.29 is 40.6 Å². The third-order valence-electron chi connectivity index (χ3n) is 5.42. The average Bonchev–Trinajstić information content (AvgIpc) is 3.28. The smallest absolute Gasteiger partial charge is 0.422 e. The standard InChI is InChI=1S/C22H17F6N5O4/c1-11-16(22(26,27)28)17(34)31-32-18(11)36-14-4-2-3-12(7-14)19(35)33-6-5-15(10-33)37-20-29-8-13(9-30-20)21(23,24)25/h2-4,7-9,15H,5-6,10H2,1H3,(H,31,34)/t15-/m1/s1. The number of ether oxygens (including phenoxy) is 2. The molecular weight excluding hydrogens is 512 g/mol. The van der Waals surface area contributed by atoms with Crippen molar-refractivity contribution >= 4 is 5.91 Å². The molecule has 0 radical (unpaired) electrons. The third-order valence-corrected chi connectivity index (χ3v) is 5.42. The summed E-state index contributed by atoms with van der Waals surface area (Å²) in [6.45, 7) is 1.41. The van der Waals surface area contributed by atoms with Crippen LogP contribution in [0.25, 0.3) is 0 Å². The number of aromatic amines is 1. The Labute approximate surface area is 204 Å². The number of nitrogens with one attached hydrogen (secondary N) is 1. The van der Waals surface area contributed by atoms with Crippen molar-refractivity contribution in [3.8, 4) is 17.6 Å². The first kappa shape index (κ1) is 25.9. The van der Waals surface area contributed by atoms with E-state index in [1.54, 1.807) is 5.10 Å². The molecule has 1 N–H and O–H groups in total. The zero-order valence-corrected chi connectivity index (χ0v) is 18.9. The van der Waals surface area contributed by atoms with E-state index in [0.29, 0.717) is 18.8 Å². The van der Waals surface area contributed by atoms with Gasteiger partial charge in [0.1, 0.15) is 17.4 Å². The van der Waals surface area contributed by atoms with Crippen molar-refractivity contribution in [2.45, 2.75) is 31.8 Å². The van der Waals surface area contributed by atoms with Gasteiger partial charge >= 0.3 is 18.4 Å². The molecule has 1 saturated heterocycles. The Morgan fingerprint density at radius 3 is 2.46 bits per heavy atom. The lowest BCUT2D eigenvalue weighted by Gasteiger charge is -2.17. The van der Waals surface area contributed by atoms with Crippen molar-refractivity contribution in [2.75, 3.05) is 13.1 Å². The molecule has 0 aliphatic carbocycles. The van der Waals surface area contributed by atoms with Crippen LogP contribution in [-0.4, -0.2) is 50.2 Å². The molecule has 196 valence electrons. The van der Waals surface area contributed by atoms with Gasteiger partial charge in [0.25, 0.3) is 11.5 Å². The van der Waals surface area contributed by atoms with E-state index in [4.69, 9.17) is 9.47 Å². The number of alkyl halides is 6. The molecule has 15 heteroatoms. The molecule has 1 aliphatic heterocycles. The van der Waals surface area contributed by atoms with E-state index in [2.05, 4.69) is 15.1 Å². The van der Waals surface area contributed by atoms with Gasteiger partial charge in [0.05, 0.1) is 12.1 Å². The van der Waals surface area contributed by atoms with Crippen LogP contribution in [0.3, 0.4) is 0 Å². The van der Waals surface area contributed by atoms with Gasteiger partial charge in [-0.15, -0.1) is 5.10 Å². The molecule has 0 unspecified atom stereocenters. The summed E-state index contributed by atoms with van der Waals surface area (Å²) in [7, 11) is 0. The van der Waals surface area contributed by atoms with Crippen molar-refractivity contribution in [2.24, 2.45) is 0 Å². The minimum absolute atomic E-state index is 0.00627. The number of carbonyl (C=O) groups is 1. The molecule has 0 spiro atoms. The zero-order valence-electron chi connectivity index (χ0n) is 18.9. The van der Waals surface area contributed by atoms with E-state index in [9.17, 15) is 35.9 Å². The lowest BCUT2D eigenvalue weighted by atomic mass is 10.1. The summed E-state index contributed by atoms with van der Waals surface area (Å²) in [5.74, 6) is -0.915. The molecule has 1 fully saturated rings. The number of hydrogen-bond donors (Lipinski definition) is 1. The molecular formula is C22H17F6N5O4. The molecule has 2 aromatic heterocycles. The van der Waals surface area contributed by atoms with Gasteiger partial charge in [0.15, 0.2) is 0 Å². The van der Waals surface area contributed by atoms with E-state index in [0.717, 1.165) is 6.92 Å². The van der Waals surface area contributed by atoms with E-state index >= 15 is 0 Å². The van der Waals surface area contributed by atoms with Gasteiger partial charge in [0.2, 0.25) is 5.88 Å². The summed E-state index contributed by atoms with van der Waals surface area (Å²) in [5, 5.41) is 5.27. The predicted molar refractivity (Wildman–Crippen MR) is 113 cm³/mol. The van der Waals surface area contributed by atoms with E-state index < -0.39 is 52.5 Å². The second-order valence-electron chi connectivity index (χ2n) is 8.02. The predicted octanol–water partition coefficient (Wildman–Crippen LogP) is 3.99. The van der Waals surface area contributed by atoms with Crippen LogP contribution < -0.4 is 15.0 Å². The summed E-state index contributed by atoms with van der Waals surface area (Å²) < 4.78 is 88.4. The van der Waals surface area contributed by atoms with Crippen molar-refractivity contribution in [3.05, 3.63) is 69.3 Å². The number of rotatable bonds is 5. The highest BCUT2D eigenvalue weighted by atomic mass is 19.4. The molecule has 9 nitrogen and oxygen atoms in total. The highest BCUT2D eigenvalue weighted by Gasteiger charge is 2.38. The molecule has 0 bridgehead atoms. The minimum Gasteiger partial charge on any atom is -0.458 e. The van der Waals surface area contributed by atoms with Crippen LogP contribution in [0.1, 0.15) is 33.5 Å². The summed E-state index contributed by atoms with van der Waals surface area (Å²) in [4.78, 5) is 33.0. The summed E-state index contributed by atoms with van der Waals surface area (Å²) >= 11 is 0. The van der Waals surface area contributed by atoms with E-state index in [1.807, 2.05) is 0 Å². The number of amides is 1. The van der Waals surface area contributed by atoms with Crippen LogP contribution in [0.2, 0.25) is 0 Å². The normalized spacial score (nSPS) is 16.1. The highest BCUT2D eigenvalue weighted by Crippen LogP contribution is 2.33. The number of halogens is 6. The molecule has 0 saturated carbocycles. The zero-order chi connectivity index (χ0) is 27.0. The molecule has 1 aromatic carbocycles. The maximum atomic E-state index is 13.2. The van der Waals surface area contributed by atoms with Gasteiger partial charge < -0.3 is 14.4 Å². The van der Waals surface area contributed by atoms with Gasteiger partial charge in [-0.05, 0) is 25.1 Å². The molecule has 3 heterocycles. The number of likely N-dealkylation sites (tertiary alicyclic amines) is 1. The highest BCUT2D eigenvalue weighted by molar-refractivity contribution is 5.94. The summed E-state index contributed by atoms with van der Waals surface area (Å²) in [6.07, 6.45) is -8.50. The largest absolute Gasteiger partial charge is 0.458 e. The number of nitrogens with zero attached hydrogens (tertiary/aromatic N) is 4. The van der Waals surface area contributed by atoms with Crippen LogP contribution in [-0.2, 0) is 12.4 Å². The van der Waals surface area contributed by atoms with Crippen LogP contribution in [0.5, 0.6) is 17.6 Å². The fourth-order valence-corrected chi connectivity index (χ4v) is 3.63. The molecule has 1 aliphatic rings. The van der Waals surface area contributed by atoms with Crippen molar-refractivity contribution in [1.82, 2.24) is 25.1 Å². The maximum Gasteiger partial charge on any atom is 0.422 e. The molecule has 1 amide bonds. The van der Waals surface area contributed by atoms with Gasteiger partial charge in [-0.2, -0.15) is 26.3 Å². The average molecular weight is 529 g/mol. The fraction of sp³-hybridized carbons (Fsp3) is 0.318. The molecule has 4 rings (SSSR count). The Hall–Kier alpha value is -4.17. The van der Waals surface area contributed by atoms with Gasteiger partial charge in [-0.25, -0.2) is 15.1 Å². The number of benzene rings is 1. The SMILES string of the molecule is Cc1c(Oc2cccc(C(=O)N3CC[C@@H](Oc4ncc(C(F)(F)F)cn4)C3)c2)n[nH]c(=O)c1C(F)(F)F. The van der Waals surface area contributed by atoms with Crippen molar-refractivity contribution in [1.29, 1.82) is 0 Å². The molecule has 3 aromatic rings. The van der Waals surface area contributed by atoms with Crippen molar-refractivity contribution in [3.63, 3.8) is 0 Å². The monoisotopic (exact) mass is 529 g/mol. The fourth-order valence-electron chi connectivity index (χ4n) is 3.63. The number of hydrogen-bond acceptors (Lipinski definition) is 7. The van der Waals surface area contributed by atoms with Gasteiger partial charge in [-0.1, -0.05) is 6.07 Å². The summed E-state index contributed by atoms with van der Waals surface area (Å²) in [5.41, 5.74) is -4.23. The molecule has 37 heavy (non-hydrogen) atoms. The summed E-state index contributed by atoms with van der Waals surface area (Å²) in [6, 6.07) is 5.36. The number of H-pyrrole nitrogens is 1. The Morgan fingerprint density at radius 2 is 1.81 bits per heavy atom. The second kappa shape index (κ2) is 9.71. The van der Waals surface area contributed by atoms with E-state index in [1.165, 1.54) is 29.2 Å². The van der Waals surface area contributed by atoms with Crippen LogP contribution in [0, 0.1) is 6.92 Å². The third kappa shape index (κ3) is 5.81. The maximum absolute atomic E-state index is 13.2. The quantitative estimate of drug-likeness (QED) is 0.498.